The average Bonchev–Trinajstić information content (AvgIpc) is 2.79. The maximum atomic E-state index is 10.6. The molecule has 24 heavy (non-hydrogen) atoms. The number of hydrogen-bond acceptors (Lipinski definition) is 3. The Morgan fingerprint density at radius 1 is 0.958 bits per heavy atom. The predicted molar refractivity (Wildman–Crippen MR) is 96.8 cm³/mol. The Bertz CT molecular complexity index is 367. The molecule has 0 aliphatic heterocycles. The molecule has 0 unspecified atom stereocenters. The van der Waals surface area contributed by atoms with Crippen molar-refractivity contribution in [3.63, 3.8) is 0 Å². The summed E-state index contributed by atoms with van der Waals surface area (Å²) in [6, 6.07) is 0. The van der Waals surface area contributed by atoms with Gasteiger partial charge in [0, 0.05) is 6.42 Å². The van der Waals surface area contributed by atoms with E-state index in [1.54, 1.807) is 0 Å². The lowest BCUT2D eigenvalue weighted by Crippen LogP contribution is -2.22. The molecule has 4 nitrogen and oxygen atoms in total. The monoisotopic (exact) mass is 340 g/mol. The van der Waals surface area contributed by atoms with Crippen LogP contribution in [0.4, 0.5) is 0 Å². The van der Waals surface area contributed by atoms with Gasteiger partial charge in [-0.05, 0) is 50.4 Å². The summed E-state index contributed by atoms with van der Waals surface area (Å²) in [7, 11) is 0. The molecule has 0 aromatic carbocycles. The number of aliphatic hydroxyl groups excluding tert-OH is 2. The van der Waals surface area contributed by atoms with Crippen LogP contribution < -0.4 is 0 Å². The molecule has 1 rings (SSSR count). The molecule has 1 aliphatic rings. The van der Waals surface area contributed by atoms with Crippen LogP contribution in [0.1, 0.15) is 84.0 Å². The van der Waals surface area contributed by atoms with Gasteiger partial charge in [0.2, 0.25) is 0 Å². The standard InChI is InChI=1S/C20H36O4/c1-2-3-4-5-6-7-8-9-10-12-16-17(13-11-14-20(23)24)19(22)15-18(16)21/h9-10,16-19,21-22H,2-8,11-15H2,1H3,(H,23,24)/b10-9+/t16-,17-,18-,19+/m1/s1. The van der Waals surface area contributed by atoms with Crippen LogP contribution in [0.25, 0.3) is 0 Å². The Morgan fingerprint density at radius 3 is 2.33 bits per heavy atom. The van der Waals surface area contributed by atoms with Gasteiger partial charge in [-0.25, -0.2) is 0 Å². The molecule has 0 aromatic heterocycles. The Hall–Kier alpha value is -0.870. The maximum absolute atomic E-state index is 10.6. The highest BCUT2D eigenvalue weighted by Crippen LogP contribution is 2.38. The highest BCUT2D eigenvalue weighted by atomic mass is 16.4. The van der Waals surface area contributed by atoms with Crippen LogP contribution in [0, 0.1) is 11.8 Å². The van der Waals surface area contributed by atoms with E-state index in [9.17, 15) is 15.0 Å². The van der Waals surface area contributed by atoms with Crippen LogP contribution in [0.2, 0.25) is 0 Å². The van der Waals surface area contributed by atoms with E-state index in [0.29, 0.717) is 19.3 Å². The molecule has 0 radical (unpaired) electrons. The van der Waals surface area contributed by atoms with Crippen LogP contribution in [-0.2, 0) is 4.79 Å². The van der Waals surface area contributed by atoms with E-state index < -0.39 is 18.2 Å². The third-order valence-electron chi connectivity index (χ3n) is 5.25. The lowest BCUT2D eigenvalue weighted by Gasteiger charge is -2.22. The quantitative estimate of drug-likeness (QED) is 0.345. The first-order valence-electron chi connectivity index (χ1n) is 9.79. The van der Waals surface area contributed by atoms with Gasteiger partial charge in [-0.3, -0.25) is 4.79 Å². The third kappa shape index (κ3) is 8.29. The molecule has 4 atom stereocenters. The first-order chi connectivity index (χ1) is 11.6. The van der Waals surface area contributed by atoms with Crippen molar-refractivity contribution in [1.29, 1.82) is 0 Å². The molecule has 0 amide bonds. The Kier molecular flexibility index (Phi) is 11.0. The van der Waals surface area contributed by atoms with Crippen LogP contribution in [0.5, 0.6) is 0 Å². The van der Waals surface area contributed by atoms with Crippen LogP contribution in [0.15, 0.2) is 12.2 Å². The van der Waals surface area contributed by atoms with Crippen molar-refractivity contribution >= 4 is 5.97 Å². The number of aliphatic hydroxyl groups is 2. The van der Waals surface area contributed by atoms with E-state index in [-0.39, 0.29) is 18.3 Å². The van der Waals surface area contributed by atoms with Crippen molar-refractivity contribution in [1.82, 2.24) is 0 Å². The van der Waals surface area contributed by atoms with Crippen molar-refractivity contribution in [3.05, 3.63) is 12.2 Å². The number of aliphatic carboxylic acids is 1. The normalized spacial score (nSPS) is 27.1. The lowest BCUT2D eigenvalue weighted by atomic mass is 9.86. The Morgan fingerprint density at radius 2 is 1.62 bits per heavy atom. The number of rotatable bonds is 13. The first kappa shape index (κ1) is 21.2. The highest BCUT2D eigenvalue weighted by Gasteiger charge is 2.40. The molecule has 1 fully saturated rings. The number of unbranched alkanes of at least 4 members (excludes halogenated alkanes) is 6. The molecule has 1 saturated carbocycles. The largest absolute Gasteiger partial charge is 0.481 e. The summed E-state index contributed by atoms with van der Waals surface area (Å²) in [6.45, 7) is 2.23. The number of carboxylic acid groups (broad SMARTS) is 1. The molecule has 4 heteroatoms. The number of carboxylic acids is 1. The molecule has 0 heterocycles. The topological polar surface area (TPSA) is 77.8 Å². The summed E-state index contributed by atoms with van der Waals surface area (Å²) in [5.41, 5.74) is 0. The molecule has 0 aromatic rings. The molecule has 0 saturated heterocycles. The number of allylic oxidation sites excluding steroid dienone is 2. The fourth-order valence-electron chi connectivity index (χ4n) is 3.81. The van der Waals surface area contributed by atoms with Crippen molar-refractivity contribution in [2.75, 3.05) is 0 Å². The zero-order valence-corrected chi connectivity index (χ0v) is 15.2. The summed E-state index contributed by atoms with van der Waals surface area (Å²) >= 11 is 0. The fourth-order valence-corrected chi connectivity index (χ4v) is 3.81. The van der Waals surface area contributed by atoms with E-state index in [2.05, 4.69) is 19.1 Å². The summed E-state index contributed by atoms with van der Waals surface area (Å²) in [5, 5.41) is 29.0. The molecular weight excluding hydrogens is 304 g/mol. The van der Waals surface area contributed by atoms with E-state index in [4.69, 9.17) is 5.11 Å². The average molecular weight is 341 g/mol. The summed E-state index contributed by atoms with van der Waals surface area (Å²) in [4.78, 5) is 10.6. The summed E-state index contributed by atoms with van der Waals surface area (Å²) < 4.78 is 0. The van der Waals surface area contributed by atoms with Gasteiger partial charge in [-0.15, -0.1) is 0 Å². The maximum Gasteiger partial charge on any atom is 0.303 e. The van der Waals surface area contributed by atoms with Gasteiger partial charge in [-0.1, -0.05) is 51.2 Å². The van der Waals surface area contributed by atoms with Crippen molar-refractivity contribution in [2.24, 2.45) is 11.8 Å². The molecule has 3 N–H and O–H groups in total. The predicted octanol–water partition coefficient (Wildman–Crippen LogP) is 4.30. The van der Waals surface area contributed by atoms with Crippen LogP contribution in [-0.4, -0.2) is 33.5 Å². The summed E-state index contributed by atoms with van der Waals surface area (Å²) in [5.74, 6) is -0.703. The number of carbonyl (C=O) groups is 1. The van der Waals surface area contributed by atoms with E-state index >= 15 is 0 Å². The zero-order chi connectivity index (χ0) is 17.8. The smallest absolute Gasteiger partial charge is 0.303 e. The second-order valence-corrected chi connectivity index (χ2v) is 7.25. The van der Waals surface area contributed by atoms with E-state index in [1.165, 1.54) is 38.5 Å². The summed E-state index contributed by atoms with van der Waals surface area (Å²) in [6.07, 6.45) is 14.8. The lowest BCUT2D eigenvalue weighted by molar-refractivity contribution is -0.137. The minimum atomic E-state index is -0.793. The fraction of sp³-hybridized carbons (Fsp3) is 0.850. The van der Waals surface area contributed by atoms with Gasteiger partial charge in [0.1, 0.15) is 0 Å². The Balaban J connectivity index is 2.24. The van der Waals surface area contributed by atoms with Crippen LogP contribution >= 0.6 is 0 Å². The second kappa shape index (κ2) is 12.5. The van der Waals surface area contributed by atoms with E-state index in [1.807, 2.05) is 0 Å². The van der Waals surface area contributed by atoms with Crippen molar-refractivity contribution in [3.8, 4) is 0 Å². The molecule has 0 spiro atoms. The third-order valence-corrected chi connectivity index (χ3v) is 5.25. The van der Waals surface area contributed by atoms with Crippen molar-refractivity contribution < 1.29 is 20.1 Å². The first-order valence-corrected chi connectivity index (χ1v) is 9.79. The molecular formula is C20H36O4. The SMILES string of the molecule is CCCCCCCC/C=C/C[C@@H]1[C@@H](CCCC(=O)O)[C@@H](O)C[C@H]1O. The van der Waals surface area contributed by atoms with Crippen molar-refractivity contribution in [2.45, 2.75) is 96.2 Å². The molecule has 1 aliphatic carbocycles. The highest BCUT2D eigenvalue weighted by molar-refractivity contribution is 5.66. The van der Waals surface area contributed by atoms with Gasteiger partial charge in [-0.2, -0.15) is 0 Å². The second-order valence-electron chi connectivity index (χ2n) is 7.25. The minimum Gasteiger partial charge on any atom is -0.481 e. The molecule has 0 bridgehead atoms. The van der Waals surface area contributed by atoms with E-state index in [0.717, 1.165) is 12.8 Å². The number of hydrogen-bond donors (Lipinski definition) is 3. The van der Waals surface area contributed by atoms with Gasteiger partial charge in [0.25, 0.3) is 0 Å². The zero-order valence-electron chi connectivity index (χ0n) is 15.2. The van der Waals surface area contributed by atoms with Crippen LogP contribution in [0.3, 0.4) is 0 Å². The van der Waals surface area contributed by atoms with Gasteiger partial charge in [0.05, 0.1) is 12.2 Å². The molecule has 140 valence electrons. The van der Waals surface area contributed by atoms with Gasteiger partial charge >= 0.3 is 5.97 Å². The van der Waals surface area contributed by atoms with Gasteiger partial charge in [0.15, 0.2) is 0 Å². The van der Waals surface area contributed by atoms with Gasteiger partial charge < -0.3 is 15.3 Å². The Labute approximate surface area is 147 Å². The minimum absolute atomic E-state index is 0.0260.